The summed E-state index contributed by atoms with van der Waals surface area (Å²) < 4.78 is 33.6. The number of hydrogen-bond acceptors (Lipinski definition) is 4. The highest BCUT2D eigenvalue weighted by molar-refractivity contribution is 5.84. The Hall–Kier alpha value is -3.82. The van der Waals surface area contributed by atoms with Gasteiger partial charge in [-0.2, -0.15) is 18.3 Å². The van der Waals surface area contributed by atoms with Crippen LogP contribution in [0.3, 0.4) is 0 Å². The Balaban J connectivity index is 0.000000279. The van der Waals surface area contributed by atoms with Crippen LogP contribution in [0.1, 0.15) is 0 Å². The molecule has 0 spiro atoms. The van der Waals surface area contributed by atoms with Gasteiger partial charge in [0.2, 0.25) is 0 Å². The number of rotatable bonds is 2. The van der Waals surface area contributed by atoms with Gasteiger partial charge in [-0.15, -0.1) is 0 Å². The molecule has 0 saturated heterocycles. The van der Waals surface area contributed by atoms with Crippen molar-refractivity contribution in [3.63, 3.8) is 0 Å². The Kier molecular flexibility index (Phi) is 5.03. The number of anilines is 1. The lowest BCUT2D eigenvalue weighted by Crippen LogP contribution is -2.21. The topological polar surface area (TPSA) is 110 Å². The first-order valence-corrected chi connectivity index (χ1v) is 7.90. The molecule has 0 aliphatic rings. The van der Waals surface area contributed by atoms with Crippen molar-refractivity contribution < 1.29 is 23.1 Å². The summed E-state index contributed by atoms with van der Waals surface area (Å²) in [5, 5.41) is 12.8. The van der Waals surface area contributed by atoms with E-state index >= 15 is 0 Å². The van der Waals surface area contributed by atoms with E-state index in [1.807, 2.05) is 59.5 Å². The van der Waals surface area contributed by atoms with Crippen LogP contribution in [0.4, 0.5) is 18.9 Å². The lowest BCUT2D eigenvalue weighted by atomic mass is 10.1. The van der Waals surface area contributed by atoms with Crippen molar-refractivity contribution in [1.82, 2.24) is 19.7 Å². The van der Waals surface area contributed by atoms with Crippen molar-refractivity contribution in [3.05, 3.63) is 61.1 Å². The zero-order chi connectivity index (χ0) is 20.3. The molecule has 0 amide bonds. The third-order valence-electron chi connectivity index (χ3n) is 3.70. The smallest absolute Gasteiger partial charge is 0.475 e. The number of pyridine rings is 1. The summed E-state index contributed by atoms with van der Waals surface area (Å²) in [5.41, 5.74) is 10.3. The van der Waals surface area contributed by atoms with Crippen molar-refractivity contribution in [2.75, 3.05) is 5.73 Å². The molecule has 28 heavy (non-hydrogen) atoms. The zero-order valence-corrected chi connectivity index (χ0v) is 14.2. The van der Waals surface area contributed by atoms with Crippen molar-refractivity contribution in [3.8, 4) is 16.9 Å². The van der Waals surface area contributed by atoms with E-state index in [1.165, 1.54) is 0 Å². The second-order valence-electron chi connectivity index (χ2n) is 5.64. The molecule has 0 aliphatic heterocycles. The van der Waals surface area contributed by atoms with E-state index in [9.17, 15) is 13.2 Å². The summed E-state index contributed by atoms with van der Waals surface area (Å²) in [6, 6.07) is 13.7. The van der Waals surface area contributed by atoms with Crippen LogP contribution in [0.5, 0.6) is 0 Å². The number of halogens is 3. The lowest BCUT2D eigenvalue weighted by Gasteiger charge is -2.03. The summed E-state index contributed by atoms with van der Waals surface area (Å²) in [4.78, 5) is 16.3. The van der Waals surface area contributed by atoms with Gasteiger partial charge in [0, 0.05) is 35.2 Å². The van der Waals surface area contributed by atoms with Crippen molar-refractivity contribution in [2.45, 2.75) is 6.18 Å². The molecule has 0 saturated carbocycles. The van der Waals surface area contributed by atoms with Crippen LogP contribution in [0.2, 0.25) is 0 Å². The predicted molar refractivity (Wildman–Crippen MR) is 96.8 cm³/mol. The third kappa shape index (κ3) is 4.11. The van der Waals surface area contributed by atoms with Crippen LogP contribution in [0, 0.1) is 0 Å². The van der Waals surface area contributed by atoms with E-state index in [1.54, 1.807) is 6.20 Å². The lowest BCUT2D eigenvalue weighted by molar-refractivity contribution is -0.192. The summed E-state index contributed by atoms with van der Waals surface area (Å²) in [5.74, 6) is -2.76. The molecule has 0 radical (unpaired) electrons. The molecule has 0 fully saturated rings. The number of nitrogens with one attached hydrogen (secondary N) is 1. The number of alkyl halides is 3. The van der Waals surface area contributed by atoms with Gasteiger partial charge >= 0.3 is 12.1 Å². The first kappa shape index (κ1) is 19.0. The van der Waals surface area contributed by atoms with E-state index in [4.69, 9.17) is 15.6 Å². The SMILES string of the molecule is Nc1cccc(-c2ccn(-c3ccnc4[nH]ccc34)n2)c1.O=C(O)C(F)(F)F. The molecule has 7 nitrogen and oxygen atoms in total. The maximum Gasteiger partial charge on any atom is 0.490 e. The number of carboxylic acid groups (broad SMARTS) is 1. The third-order valence-corrected chi connectivity index (χ3v) is 3.70. The number of carboxylic acids is 1. The van der Waals surface area contributed by atoms with Gasteiger partial charge in [0.1, 0.15) is 5.65 Å². The minimum atomic E-state index is -5.08. The molecular weight excluding hydrogens is 375 g/mol. The quantitative estimate of drug-likeness (QED) is 0.454. The largest absolute Gasteiger partial charge is 0.490 e. The molecule has 4 N–H and O–H groups in total. The van der Waals surface area contributed by atoms with Gasteiger partial charge in [-0.1, -0.05) is 12.1 Å². The maximum atomic E-state index is 10.6. The zero-order valence-electron chi connectivity index (χ0n) is 14.2. The van der Waals surface area contributed by atoms with Crippen LogP contribution < -0.4 is 5.73 Å². The number of nitrogens with zero attached hydrogens (tertiary/aromatic N) is 3. The van der Waals surface area contributed by atoms with E-state index in [-0.39, 0.29) is 0 Å². The number of fused-ring (bicyclic) bond motifs is 1. The number of carbonyl (C=O) groups is 1. The second-order valence-corrected chi connectivity index (χ2v) is 5.64. The van der Waals surface area contributed by atoms with E-state index in [0.29, 0.717) is 0 Å². The maximum absolute atomic E-state index is 10.6. The highest BCUT2D eigenvalue weighted by atomic mass is 19.4. The number of aromatic amines is 1. The molecule has 3 aromatic heterocycles. The molecule has 0 unspecified atom stereocenters. The normalized spacial score (nSPS) is 11.1. The molecule has 0 atom stereocenters. The Bertz CT molecular complexity index is 1120. The van der Waals surface area contributed by atoms with Crippen molar-refractivity contribution >= 4 is 22.7 Å². The summed E-state index contributed by atoms with van der Waals surface area (Å²) in [6.07, 6.45) is 0.514. The molecule has 4 aromatic rings. The number of aliphatic carboxylic acids is 1. The Morgan fingerprint density at radius 1 is 1.18 bits per heavy atom. The Morgan fingerprint density at radius 3 is 2.61 bits per heavy atom. The second kappa shape index (κ2) is 7.43. The molecular formula is C18H14F3N5O2. The Labute approximate surface area is 156 Å². The standard InChI is InChI=1S/C16H13N5.C2HF3O2/c17-12-3-1-2-11(10-12)14-6-9-21(20-14)15-5-8-19-16-13(15)4-7-18-16;3-2(4,5)1(6)7/h1-10H,17H2,(H,18,19);(H,6,7). The monoisotopic (exact) mass is 389 g/mol. The van der Waals surface area contributed by atoms with Gasteiger partial charge in [0.25, 0.3) is 0 Å². The van der Waals surface area contributed by atoms with Crippen molar-refractivity contribution in [1.29, 1.82) is 0 Å². The van der Waals surface area contributed by atoms with E-state index < -0.39 is 12.1 Å². The summed E-state index contributed by atoms with van der Waals surface area (Å²) >= 11 is 0. The van der Waals surface area contributed by atoms with Crippen LogP contribution in [0.25, 0.3) is 28.0 Å². The molecule has 10 heteroatoms. The highest BCUT2D eigenvalue weighted by Gasteiger charge is 2.38. The average Bonchev–Trinajstić information content (AvgIpc) is 3.31. The fourth-order valence-electron chi connectivity index (χ4n) is 2.46. The first-order valence-electron chi connectivity index (χ1n) is 7.90. The van der Waals surface area contributed by atoms with E-state index in [2.05, 4.69) is 15.1 Å². The van der Waals surface area contributed by atoms with Crippen LogP contribution in [-0.4, -0.2) is 37.0 Å². The number of nitrogens with two attached hydrogens (primary N) is 1. The molecule has 4 rings (SSSR count). The van der Waals surface area contributed by atoms with Gasteiger partial charge in [-0.25, -0.2) is 14.5 Å². The van der Waals surface area contributed by atoms with E-state index in [0.717, 1.165) is 33.7 Å². The number of nitrogen functional groups attached to an aromatic ring is 1. The van der Waals surface area contributed by atoms with Gasteiger partial charge in [-0.05, 0) is 30.3 Å². The van der Waals surface area contributed by atoms with Gasteiger partial charge < -0.3 is 15.8 Å². The van der Waals surface area contributed by atoms with Gasteiger partial charge in [0.15, 0.2) is 0 Å². The van der Waals surface area contributed by atoms with Crippen molar-refractivity contribution in [2.24, 2.45) is 0 Å². The minimum Gasteiger partial charge on any atom is -0.475 e. The molecule has 1 aromatic carbocycles. The van der Waals surface area contributed by atoms with Gasteiger partial charge in [-0.3, -0.25) is 0 Å². The first-order chi connectivity index (χ1) is 13.3. The minimum absolute atomic E-state index is 0.735. The van der Waals surface area contributed by atoms with Gasteiger partial charge in [0.05, 0.1) is 11.4 Å². The number of hydrogen-bond donors (Lipinski definition) is 3. The van der Waals surface area contributed by atoms with Crippen LogP contribution >= 0.6 is 0 Å². The molecule has 0 bridgehead atoms. The molecule has 0 aliphatic carbocycles. The number of aromatic nitrogens is 4. The average molecular weight is 389 g/mol. The molecule has 144 valence electrons. The summed E-state index contributed by atoms with van der Waals surface area (Å²) in [7, 11) is 0. The summed E-state index contributed by atoms with van der Waals surface area (Å²) in [6.45, 7) is 0. The molecule has 3 heterocycles. The number of benzene rings is 1. The number of H-pyrrole nitrogens is 1. The van der Waals surface area contributed by atoms with Crippen LogP contribution in [0.15, 0.2) is 61.1 Å². The fraction of sp³-hybridized carbons (Fsp3) is 0.0556. The van der Waals surface area contributed by atoms with Crippen LogP contribution in [-0.2, 0) is 4.79 Å². The highest BCUT2D eigenvalue weighted by Crippen LogP contribution is 2.23. The Morgan fingerprint density at radius 2 is 1.93 bits per heavy atom. The fourth-order valence-corrected chi connectivity index (χ4v) is 2.46. The predicted octanol–water partition coefficient (Wildman–Crippen LogP) is 3.63.